The van der Waals surface area contributed by atoms with E-state index in [0.717, 1.165) is 19.4 Å². The normalized spacial score (nSPS) is 16.1. The smallest absolute Gasteiger partial charge is 0.255 e. The van der Waals surface area contributed by atoms with Crippen LogP contribution < -0.4 is 15.4 Å². The second kappa shape index (κ2) is 9.01. The number of para-hydroxylation sites is 2. The highest BCUT2D eigenvalue weighted by Gasteiger charge is 2.18. The maximum atomic E-state index is 12.4. The molecule has 2 N–H and O–H groups in total. The number of hydrogen-bond acceptors (Lipinski definition) is 4. The van der Waals surface area contributed by atoms with Gasteiger partial charge in [0, 0.05) is 12.3 Å². The molecule has 1 aliphatic rings. The summed E-state index contributed by atoms with van der Waals surface area (Å²) in [5.41, 5.74) is 1.09. The van der Waals surface area contributed by atoms with Crippen molar-refractivity contribution in [3.05, 3.63) is 60.2 Å². The number of amides is 2. The predicted octanol–water partition coefficient (Wildman–Crippen LogP) is 2.61. The van der Waals surface area contributed by atoms with E-state index >= 15 is 0 Å². The monoisotopic (exact) mass is 354 g/mol. The fraction of sp³-hybridized carbons (Fsp3) is 0.300. The molecule has 3 rings (SSSR count). The molecule has 1 saturated heterocycles. The highest BCUT2D eigenvalue weighted by molar-refractivity contribution is 6.00. The minimum absolute atomic E-state index is 0.0720. The first-order chi connectivity index (χ1) is 12.7. The van der Waals surface area contributed by atoms with Gasteiger partial charge in [-0.15, -0.1) is 0 Å². The van der Waals surface area contributed by atoms with E-state index in [4.69, 9.17) is 9.47 Å². The van der Waals surface area contributed by atoms with Gasteiger partial charge in [-0.05, 0) is 37.1 Å². The van der Waals surface area contributed by atoms with E-state index in [0.29, 0.717) is 23.6 Å². The Morgan fingerprint density at radius 1 is 1.08 bits per heavy atom. The van der Waals surface area contributed by atoms with Crippen molar-refractivity contribution in [2.75, 3.05) is 25.1 Å². The highest BCUT2D eigenvalue weighted by Crippen LogP contribution is 2.20. The molecule has 1 fully saturated rings. The van der Waals surface area contributed by atoms with Crippen LogP contribution in [0.1, 0.15) is 23.2 Å². The van der Waals surface area contributed by atoms with Crippen LogP contribution in [-0.4, -0.2) is 37.7 Å². The molecule has 1 aliphatic heterocycles. The molecule has 0 bridgehead atoms. The number of anilines is 1. The zero-order chi connectivity index (χ0) is 18.2. The Morgan fingerprint density at radius 3 is 2.62 bits per heavy atom. The van der Waals surface area contributed by atoms with Crippen molar-refractivity contribution in [2.45, 2.75) is 18.9 Å². The minimum atomic E-state index is -0.351. The summed E-state index contributed by atoms with van der Waals surface area (Å²) in [5.74, 6) is -0.151. The molecule has 0 radical (unpaired) electrons. The first kappa shape index (κ1) is 17.9. The molecule has 6 heteroatoms. The van der Waals surface area contributed by atoms with Crippen LogP contribution in [0.3, 0.4) is 0 Å². The van der Waals surface area contributed by atoms with Crippen LogP contribution in [0.25, 0.3) is 0 Å². The van der Waals surface area contributed by atoms with Gasteiger partial charge in [-0.25, -0.2) is 0 Å². The van der Waals surface area contributed by atoms with E-state index in [2.05, 4.69) is 10.6 Å². The summed E-state index contributed by atoms with van der Waals surface area (Å²) in [7, 11) is 0. The van der Waals surface area contributed by atoms with Gasteiger partial charge in [-0.1, -0.05) is 30.3 Å². The Balaban J connectivity index is 1.53. The van der Waals surface area contributed by atoms with Crippen molar-refractivity contribution >= 4 is 17.5 Å². The molecule has 1 atom stereocenters. The predicted molar refractivity (Wildman–Crippen MR) is 98.3 cm³/mol. The van der Waals surface area contributed by atoms with Crippen molar-refractivity contribution in [2.24, 2.45) is 0 Å². The van der Waals surface area contributed by atoms with Gasteiger partial charge >= 0.3 is 0 Å². The molecule has 6 nitrogen and oxygen atoms in total. The van der Waals surface area contributed by atoms with Crippen LogP contribution in [0.2, 0.25) is 0 Å². The molecule has 2 aromatic carbocycles. The molecular formula is C20H22N2O4. The first-order valence-corrected chi connectivity index (χ1v) is 8.69. The van der Waals surface area contributed by atoms with E-state index in [1.807, 2.05) is 24.3 Å². The van der Waals surface area contributed by atoms with Gasteiger partial charge in [-0.2, -0.15) is 0 Å². The standard InChI is InChI=1S/C20H22N2O4/c23-19(22-15-7-2-1-3-8-15)13-21-20(24)17-10-4-5-11-18(17)26-14-16-9-6-12-25-16/h1-5,7-8,10-11,16H,6,9,12-14H2,(H,21,24)(H,22,23). The molecule has 0 saturated carbocycles. The lowest BCUT2D eigenvalue weighted by Crippen LogP contribution is -2.33. The fourth-order valence-electron chi connectivity index (χ4n) is 2.72. The molecular weight excluding hydrogens is 332 g/mol. The number of benzene rings is 2. The van der Waals surface area contributed by atoms with Crippen molar-refractivity contribution < 1.29 is 19.1 Å². The number of ether oxygens (including phenoxy) is 2. The van der Waals surface area contributed by atoms with Gasteiger partial charge in [0.05, 0.1) is 18.2 Å². The third kappa shape index (κ3) is 5.07. The van der Waals surface area contributed by atoms with Gasteiger partial charge in [0.1, 0.15) is 12.4 Å². The van der Waals surface area contributed by atoms with Gasteiger partial charge in [0.2, 0.25) is 5.91 Å². The number of nitrogens with one attached hydrogen (secondary N) is 2. The van der Waals surface area contributed by atoms with Crippen LogP contribution in [0.5, 0.6) is 5.75 Å². The summed E-state index contributed by atoms with van der Waals surface area (Å²) in [4.78, 5) is 24.4. The van der Waals surface area contributed by atoms with E-state index < -0.39 is 0 Å². The lowest BCUT2D eigenvalue weighted by molar-refractivity contribution is -0.115. The third-order valence-corrected chi connectivity index (χ3v) is 4.05. The minimum Gasteiger partial charge on any atom is -0.490 e. The lowest BCUT2D eigenvalue weighted by Gasteiger charge is -2.14. The van der Waals surface area contributed by atoms with Crippen molar-refractivity contribution in [1.82, 2.24) is 5.32 Å². The Morgan fingerprint density at radius 2 is 1.85 bits per heavy atom. The highest BCUT2D eigenvalue weighted by atomic mass is 16.5. The maximum absolute atomic E-state index is 12.4. The molecule has 0 aliphatic carbocycles. The summed E-state index contributed by atoms with van der Waals surface area (Å²) in [6.45, 7) is 1.05. The van der Waals surface area contributed by atoms with E-state index in [9.17, 15) is 9.59 Å². The first-order valence-electron chi connectivity index (χ1n) is 8.69. The van der Waals surface area contributed by atoms with Gasteiger partial charge < -0.3 is 20.1 Å². The Kier molecular flexibility index (Phi) is 6.22. The average Bonchev–Trinajstić information content (AvgIpc) is 3.19. The van der Waals surface area contributed by atoms with Crippen LogP contribution >= 0.6 is 0 Å². The van der Waals surface area contributed by atoms with Crippen molar-refractivity contribution in [1.29, 1.82) is 0 Å². The number of carbonyl (C=O) groups is 2. The SMILES string of the molecule is O=C(CNC(=O)c1ccccc1OCC1CCCO1)Nc1ccccc1. The topological polar surface area (TPSA) is 76.7 Å². The lowest BCUT2D eigenvalue weighted by atomic mass is 10.2. The molecule has 1 heterocycles. The second-order valence-corrected chi connectivity index (χ2v) is 6.04. The van der Waals surface area contributed by atoms with Crippen LogP contribution in [0.4, 0.5) is 5.69 Å². The second-order valence-electron chi connectivity index (χ2n) is 6.04. The van der Waals surface area contributed by atoms with Crippen LogP contribution in [0, 0.1) is 0 Å². The maximum Gasteiger partial charge on any atom is 0.255 e. The van der Waals surface area contributed by atoms with Crippen molar-refractivity contribution in [3.8, 4) is 5.75 Å². The largest absolute Gasteiger partial charge is 0.490 e. The summed E-state index contributed by atoms with van der Waals surface area (Å²) >= 11 is 0. The zero-order valence-corrected chi connectivity index (χ0v) is 14.4. The number of rotatable bonds is 7. The molecule has 0 spiro atoms. The van der Waals surface area contributed by atoms with Crippen LogP contribution in [-0.2, 0) is 9.53 Å². The average molecular weight is 354 g/mol. The quantitative estimate of drug-likeness (QED) is 0.801. The van der Waals surface area contributed by atoms with Gasteiger partial charge in [0.25, 0.3) is 5.91 Å². The molecule has 2 amide bonds. The summed E-state index contributed by atoms with van der Waals surface area (Å²) in [5, 5.41) is 5.35. The van der Waals surface area contributed by atoms with E-state index in [1.54, 1.807) is 30.3 Å². The summed E-state index contributed by atoms with van der Waals surface area (Å²) in [6, 6.07) is 16.1. The molecule has 26 heavy (non-hydrogen) atoms. The Bertz CT molecular complexity index is 742. The summed E-state index contributed by atoms with van der Waals surface area (Å²) < 4.78 is 11.3. The molecule has 1 unspecified atom stereocenters. The van der Waals surface area contributed by atoms with Crippen LogP contribution in [0.15, 0.2) is 54.6 Å². The van der Waals surface area contributed by atoms with Gasteiger partial charge in [-0.3, -0.25) is 9.59 Å². The van der Waals surface area contributed by atoms with E-state index in [-0.39, 0.29) is 24.5 Å². The summed E-state index contributed by atoms with van der Waals surface area (Å²) in [6.07, 6.45) is 2.07. The number of hydrogen-bond donors (Lipinski definition) is 2. The zero-order valence-electron chi connectivity index (χ0n) is 14.4. The molecule has 2 aromatic rings. The molecule has 136 valence electrons. The third-order valence-electron chi connectivity index (χ3n) is 4.05. The number of carbonyl (C=O) groups excluding carboxylic acids is 2. The Hall–Kier alpha value is -2.86. The fourth-order valence-corrected chi connectivity index (χ4v) is 2.72. The van der Waals surface area contributed by atoms with E-state index in [1.165, 1.54) is 0 Å². The van der Waals surface area contributed by atoms with Crippen molar-refractivity contribution in [3.63, 3.8) is 0 Å². The molecule has 0 aromatic heterocycles. The van der Waals surface area contributed by atoms with Gasteiger partial charge in [0.15, 0.2) is 0 Å². The Labute approximate surface area is 152 Å².